The third kappa shape index (κ3) is 2.22. The van der Waals surface area contributed by atoms with E-state index < -0.39 is 0 Å². The van der Waals surface area contributed by atoms with Gasteiger partial charge in [0.05, 0.1) is 0 Å². The van der Waals surface area contributed by atoms with E-state index in [1.54, 1.807) is 0 Å². The number of aromatic nitrogens is 2. The van der Waals surface area contributed by atoms with Crippen molar-refractivity contribution < 1.29 is 4.42 Å². The van der Waals surface area contributed by atoms with Crippen LogP contribution in [0.25, 0.3) is 0 Å². The molecule has 2 heterocycles. The Kier molecular flexibility index (Phi) is 2.85. The highest BCUT2D eigenvalue weighted by Crippen LogP contribution is 2.17. The summed E-state index contributed by atoms with van der Waals surface area (Å²) in [6.07, 6.45) is 4.08. The van der Waals surface area contributed by atoms with Gasteiger partial charge >= 0.3 is 0 Å². The van der Waals surface area contributed by atoms with Gasteiger partial charge in [0.25, 0.3) is 5.22 Å². The van der Waals surface area contributed by atoms with Gasteiger partial charge in [-0.25, -0.2) is 0 Å². The molecule has 0 spiro atoms. The Labute approximate surface area is 81.5 Å². The van der Waals surface area contributed by atoms with Gasteiger partial charge in [-0.05, 0) is 31.7 Å². The van der Waals surface area contributed by atoms with Crippen molar-refractivity contribution in [2.24, 2.45) is 5.92 Å². The molecule has 2 rings (SSSR count). The Balaban J connectivity index is 1.92. The molecule has 1 atom stereocenters. The highest BCUT2D eigenvalue weighted by Gasteiger charge is 2.17. The zero-order chi connectivity index (χ0) is 9.10. The van der Waals surface area contributed by atoms with E-state index >= 15 is 0 Å². The number of nitrogens with one attached hydrogen (secondary N) is 1. The SMILES string of the molecule is CSc1nnc(CC2CCNC2)o1. The fourth-order valence-electron chi connectivity index (χ4n) is 1.54. The van der Waals surface area contributed by atoms with Crippen LogP contribution in [0.5, 0.6) is 0 Å². The molecular formula is C8H13N3OS. The molecule has 4 nitrogen and oxygen atoms in total. The summed E-state index contributed by atoms with van der Waals surface area (Å²) in [6.45, 7) is 2.20. The molecule has 0 aromatic carbocycles. The van der Waals surface area contributed by atoms with Crippen molar-refractivity contribution in [3.8, 4) is 0 Å². The first-order chi connectivity index (χ1) is 6.38. The summed E-state index contributed by atoms with van der Waals surface area (Å²) in [5.74, 6) is 1.45. The van der Waals surface area contributed by atoms with Gasteiger partial charge in [0.15, 0.2) is 0 Å². The van der Waals surface area contributed by atoms with Gasteiger partial charge < -0.3 is 9.73 Å². The first-order valence-corrected chi connectivity index (χ1v) is 5.68. The second-order valence-electron chi connectivity index (χ2n) is 3.23. The van der Waals surface area contributed by atoms with Crippen molar-refractivity contribution in [2.45, 2.75) is 18.1 Å². The van der Waals surface area contributed by atoms with Crippen LogP contribution in [0, 0.1) is 5.92 Å². The van der Waals surface area contributed by atoms with E-state index in [4.69, 9.17) is 4.42 Å². The topological polar surface area (TPSA) is 51.0 Å². The number of hydrogen-bond acceptors (Lipinski definition) is 5. The average Bonchev–Trinajstić information content (AvgIpc) is 2.76. The molecule has 0 radical (unpaired) electrons. The Bertz CT molecular complexity index is 270. The molecule has 1 unspecified atom stereocenters. The van der Waals surface area contributed by atoms with E-state index in [1.807, 2.05) is 6.26 Å². The van der Waals surface area contributed by atoms with Gasteiger partial charge in [0.1, 0.15) is 0 Å². The summed E-state index contributed by atoms with van der Waals surface area (Å²) >= 11 is 1.49. The summed E-state index contributed by atoms with van der Waals surface area (Å²) < 4.78 is 5.41. The Morgan fingerprint density at radius 2 is 2.54 bits per heavy atom. The Morgan fingerprint density at radius 3 is 3.15 bits per heavy atom. The molecule has 1 aromatic rings. The Hall–Kier alpha value is -0.550. The maximum atomic E-state index is 5.41. The van der Waals surface area contributed by atoms with Crippen LogP contribution in [0.15, 0.2) is 9.64 Å². The van der Waals surface area contributed by atoms with E-state index in [0.29, 0.717) is 11.1 Å². The highest BCUT2D eigenvalue weighted by molar-refractivity contribution is 7.98. The normalized spacial score (nSPS) is 22.4. The summed E-state index contributed by atoms with van der Waals surface area (Å²) in [5, 5.41) is 11.9. The van der Waals surface area contributed by atoms with Crippen LogP contribution in [0.2, 0.25) is 0 Å². The maximum Gasteiger partial charge on any atom is 0.276 e. The predicted molar refractivity (Wildman–Crippen MR) is 50.8 cm³/mol. The number of nitrogens with zero attached hydrogens (tertiary/aromatic N) is 2. The van der Waals surface area contributed by atoms with Crippen LogP contribution in [0.4, 0.5) is 0 Å². The molecule has 0 aliphatic carbocycles. The lowest BCUT2D eigenvalue weighted by Crippen LogP contribution is -2.10. The molecule has 0 saturated carbocycles. The molecule has 0 amide bonds. The number of hydrogen-bond donors (Lipinski definition) is 1. The fourth-order valence-corrected chi connectivity index (χ4v) is 1.84. The lowest BCUT2D eigenvalue weighted by molar-refractivity contribution is 0.387. The third-order valence-electron chi connectivity index (χ3n) is 2.25. The van der Waals surface area contributed by atoms with Gasteiger partial charge in [-0.2, -0.15) is 0 Å². The van der Waals surface area contributed by atoms with Crippen LogP contribution in [0.3, 0.4) is 0 Å². The number of thioether (sulfide) groups is 1. The molecule has 1 aliphatic heterocycles. The van der Waals surface area contributed by atoms with E-state index in [-0.39, 0.29) is 0 Å². The quantitative estimate of drug-likeness (QED) is 0.734. The summed E-state index contributed by atoms with van der Waals surface area (Å²) in [6, 6.07) is 0. The largest absolute Gasteiger partial charge is 0.416 e. The van der Waals surface area contributed by atoms with Crippen LogP contribution < -0.4 is 5.32 Å². The molecule has 13 heavy (non-hydrogen) atoms. The first-order valence-electron chi connectivity index (χ1n) is 4.45. The van der Waals surface area contributed by atoms with Crippen molar-refractivity contribution in [3.05, 3.63) is 5.89 Å². The van der Waals surface area contributed by atoms with Crippen molar-refractivity contribution >= 4 is 11.8 Å². The molecular weight excluding hydrogens is 186 g/mol. The van der Waals surface area contributed by atoms with Crippen LogP contribution in [-0.2, 0) is 6.42 Å². The van der Waals surface area contributed by atoms with Crippen LogP contribution >= 0.6 is 11.8 Å². The third-order valence-corrected chi connectivity index (χ3v) is 2.76. The second kappa shape index (κ2) is 4.11. The molecule has 1 fully saturated rings. The fraction of sp³-hybridized carbons (Fsp3) is 0.750. The maximum absolute atomic E-state index is 5.41. The molecule has 5 heteroatoms. The molecule has 1 saturated heterocycles. The molecule has 1 N–H and O–H groups in total. The van der Waals surface area contributed by atoms with E-state index in [9.17, 15) is 0 Å². The van der Waals surface area contributed by atoms with Gasteiger partial charge in [-0.15, -0.1) is 10.2 Å². The van der Waals surface area contributed by atoms with Gasteiger partial charge in [0.2, 0.25) is 5.89 Å². The Morgan fingerprint density at radius 1 is 1.62 bits per heavy atom. The molecule has 1 aromatic heterocycles. The predicted octanol–water partition coefficient (Wildman–Crippen LogP) is 0.944. The summed E-state index contributed by atoms with van der Waals surface area (Å²) in [4.78, 5) is 0. The summed E-state index contributed by atoms with van der Waals surface area (Å²) in [7, 11) is 0. The van der Waals surface area contributed by atoms with Crippen molar-refractivity contribution in [2.75, 3.05) is 19.3 Å². The smallest absolute Gasteiger partial charge is 0.276 e. The molecule has 0 bridgehead atoms. The van der Waals surface area contributed by atoms with Gasteiger partial charge in [0, 0.05) is 6.42 Å². The van der Waals surface area contributed by atoms with Gasteiger partial charge in [-0.3, -0.25) is 0 Å². The zero-order valence-corrected chi connectivity index (χ0v) is 8.43. The van der Waals surface area contributed by atoms with Crippen molar-refractivity contribution in [1.29, 1.82) is 0 Å². The van der Waals surface area contributed by atoms with Crippen LogP contribution in [-0.4, -0.2) is 29.5 Å². The van der Waals surface area contributed by atoms with Crippen molar-refractivity contribution in [1.82, 2.24) is 15.5 Å². The minimum Gasteiger partial charge on any atom is -0.416 e. The highest BCUT2D eigenvalue weighted by atomic mass is 32.2. The summed E-state index contributed by atoms with van der Waals surface area (Å²) in [5.41, 5.74) is 0. The minimum absolute atomic E-state index is 0.668. The lowest BCUT2D eigenvalue weighted by atomic mass is 10.1. The van der Waals surface area contributed by atoms with Crippen molar-refractivity contribution in [3.63, 3.8) is 0 Å². The van der Waals surface area contributed by atoms with E-state index in [1.165, 1.54) is 18.2 Å². The monoisotopic (exact) mass is 199 g/mol. The first kappa shape index (κ1) is 9.02. The molecule has 72 valence electrons. The zero-order valence-electron chi connectivity index (χ0n) is 7.62. The van der Waals surface area contributed by atoms with Gasteiger partial charge in [-0.1, -0.05) is 11.8 Å². The average molecular weight is 199 g/mol. The van der Waals surface area contributed by atoms with E-state index in [0.717, 1.165) is 25.4 Å². The van der Waals surface area contributed by atoms with Crippen LogP contribution in [0.1, 0.15) is 12.3 Å². The standard InChI is InChI=1S/C8H13N3OS/c1-13-8-11-10-7(12-8)4-6-2-3-9-5-6/h6,9H,2-5H2,1H3. The van der Waals surface area contributed by atoms with E-state index in [2.05, 4.69) is 15.5 Å². The lowest BCUT2D eigenvalue weighted by Gasteiger charge is -2.01. The molecule has 1 aliphatic rings. The second-order valence-corrected chi connectivity index (χ2v) is 3.99. The number of rotatable bonds is 3. The minimum atomic E-state index is 0.668.